The molecule has 3 aromatic rings. The van der Waals surface area contributed by atoms with Crippen molar-refractivity contribution in [2.75, 3.05) is 43.9 Å². The maximum Gasteiger partial charge on any atom is 0.273 e. The van der Waals surface area contributed by atoms with Gasteiger partial charge in [-0.1, -0.05) is 35.9 Å². The molecule has 0 atom stereocenters. The quantitative estimate of drug-likeness (QED) is 0.581. The van der Waals surface area contributed by atoms with Gasteiger partial charge in [0.2, 0.25) is 0 Å². The van der Waals surface area contributed by atoms with Crippen LogP contribution >= 0.6 is 11.5 Å². The summed E-state index contributed by atoms with van der Waals surface area (Å²) in [5.41, 5.74) is 9.60. The summed E-state index contributed by atoms with van der Waals surface area (Å²) in [4.78, 5) is 29.9. The number of carbonyl (C=O) groups excluding carboxylic acids is 2. The summed E-state index contributed by atoms with van der Waals surface area (Å²) in [7, 11) is 1.65. The molecule has 0 aliphatic carbocycles. The molecule has 1 aromatic heterocycles. The first-order valence-corrected chi connectivity index (χ1v) is 11.5. The lowest BCUT2D eigenvalue weighted by Gasteiger charge is -2.36. The van der Waals surface area contributed by atoms with Crippen LogP contribution in [0.15, 0.2) is 48.5 Å². The minimum Gasteiger partial charge on any atom is -0.497 e. The van der Waals surface area contributed by atoms with Gasteiger partial charge in [0.25, 0.3) is 11.8 Å². The first-order chi connectivity index (χ1) is 16.0. The lowest BCUT2D eigenvalue weighted by atomic mass is 10.1. The third-order valence-corrected chi connectivity index (χ3v) is 6.55. The molecule has 0 unspecified atom stereocenters. The van der Waals surface area contributed by atoms with E-state index in [1.54, 1.807) is 12.0 Å². The number of nitrogen functional groups attached to an aromatic ring is 1. The number of anilines is 2. The number of benzene rings is 2. The van der Waals surface area contributed by atoms with Gasteiger partial charge in [0.15, 0.2) is 5.69 Å². The fourth-order valence-corrected chi connectivity index (χ4v) is 4.47. The number of nitrogens with one attached hydrogen (secondary N) is 1. The Hall–Kier alpha value is -3.59. The van der Waals surface area contributed by atoms with Gasteiger partial charge in [-0.3, -0.25) is 9.59 Å². The van der Waals surface area contributed by atoms with E-state index in [0.717, 1.165) is 34.1 Å². The zero-order valence-corrected chi connectivity index (χ0v) is 19.5. The first-order valence-electron chi connectivity index (χ1n) is 10.7. The van der Waals surface area contributed by atoms with Gasteiger partial charge < -0.3 is 25.6 Å². The van der Waals surface area contributed by atoms with Crippen molar-refractivity contribution in [1.29, 1.82) is 0 Å². The van der Waals surface area contributed by atoms with Crippen molar-refractivity contribution in [3.8, 4) is 5.75 Å². The monoisotopic (exact) mass is 465 g/mol. The van der Waals surface area contributed by atoms with E-state index >= 15 is 0 Å². The van der Waals surface area contributed by atoms with Crippen LogP contribution in [0.2, 0.25) is 0 Å². The number of hydrogen-bond acceptors (Lipinski definition) is 7. The number of methoxy groups -OCH3 is 1. The molecule has 4 rings (SSSR count). The van der Waals surface area contributed by atoms with Crippen LogP contribution in [0.5, 0.6) is 5.75 Å². The van der Waals surface area contributed by atoms with E-state index in [4.69, 9.17) is 10.5 Å². The molecule has 3 N–H and O–H groups in total. The topological polar surface area (TPSA) is 101 Å². The highest BCUT2D eigenvalue weighted by Crippen LogP contribution is 2.26. The van der Waals surface area contributed by atoms with Gasteiger partial charge in [0.05, 0.1) is 12.8 Å². The largest absolute Gasteiger partial charge is 0.497 e. The average molecular weight is 466 g/mol. The summed E-state index contributed by atoms with van der Waals surface area (Å²) in [6.07, 6.45) is 0. The molecule has 0 bridgehead atoms. The molecule has 0 saturated carbocycles. The molecule has 0 radical (unpaired) electrons. The van der Waals surface area contributed by atoms with Crippen molar-refractivity contribution in [2.24, 2.45) is 0 Å². The maximum atomic E-state index is 13.1. The van der Waals surface area contributed by atoms with Gasteiger partial charge in [0.1, 0.15) is 10.6 Å². The second kappa shape index (κ2) is 9.91. The standard InChI is InChI=1S/C24H27N5O3S/c1-16-6-8-17(9-7-16)15-26-23(30)21-20(25)22(33-27-21)24(31)29-12-10-28(11-13-29)18-4-3-5-19(14-18)32-2/h3-9,14H,10-13,15,25H2,1-2H3,(H,26,30). The SMILES string of the molecule is COc1cccc(N2CCN(C(=O)c3snc(C(=O)NCc4ccc(C)cc4)c3N)CC2)c1. The third-order valence-electron chi connectivity index (χ3n) is 5.70. The molecule has 8 nitrogen and oxygen atoms in total. The van der Waals surface area contributed by atoms with Gasteiger partial charge >= 0.3 is 0 Å². The predicted molar refractivity (Wildman–Crippen MR) is 130 cm³/mol. The van der Waals surface area contributed by atoms with Crippen LogP contribution in [0.25, 0.3) is 0 Å². The van der Waals surface area contributed by atoms with Crippen LogP contribution in [0.4, 0.5) is 11.4 Å². The highest BCUT2D eigenvalue weighted by Gasteiger charge is 2.28. The van der Waals surface area contributed by atoms with E-state index in [9.17, 15) is 9.59 Å². The predicted octanol–water partition coefficient (Wildman–Crippen LogP) is 2.93. The Morgan fingerprint density at radius 1 is 1.12 bits per heavy atom. The van der Waals surface area contributed by atoms with Crippen LogP contribution in [-0.2, 0) is 6.54 Å². The second-order valence-electron chi connectivity index (χ2n) is 7.92. The van der Waals surface area contributed by atoms with E-state index < -0.39 is 0 Å². The lowest BCUT2D eigenvalue weighted by molar-refractivity contribution is 0.0752. The van der Waals surface area contributed by atoms with Crippen LogP contribution in [-0.4, -0.2) is 54.4 Å². The lowest BCUT2D eigenvalue weighted by Crippen LogP contribution is -2.48. The summed E-state index contributed by atoms with van der Waals surface area (Å²) in [5, 5.41) is 2.82. The number of hydrogen-bond donors (Lipinski definition) is 2. The molecule has 172 valence electrons. The number of aromatic nitrogens is 1. The van der Waals surface area contributed by atoms with E-state index in [1.807, 2.05) is 55.5 Å². The highest BCUT2D eigenvalue weighted by molar-refractivity contribution is 7.09. The van der Waals surface area contributed by atoms with Crippen LogP contribution < -0.4 is 20.7 Å². The summed E-state index contributed by atoms with van der Waals surface area (Å²) >= 11 is 0.975. The average Bonchev–Trinajstić information content (AvgIpc) is 3.24. The molecule has 1 saturated heterocycles. The first kappa shape index (κ1) is 22.6. The van der Waals surface area contributed by atoms with E-state index in [-0.39, 0.29) is 23.2 Å². The fourth-order valence-electron chi connectivity index (χ4n) is 3.71. The van der Waals surface area contributed by atoms with Crippen molar-refractivity contribution in [3.63, 3.8) is 0 Å². The Balaban J connectivity index is 1.36. The van der Waals surface area contributed by atoms with Gasteiger partial charge in [-0.05, 0) is 36.2 Å². The highest BCUT2D eigenvalue weighted by atomic mass is 32.1. The Kier molecular flexibility index (Phi) is 6.79. The Labute approximate surface area is 197 Å². The number of piperazine rings is 1. The molecule has 33 heavy (non-hydrogen) atoms. The summed E-state index contributed by atoms with van der Waals surface area (Å²) in [5.74, 6) is 0.232. The molecule has 1 aliphatic rings. The number of nitrogens with two attached hydrogens (primary N) is 1. The van der Waals surface area contributed by atoms with Gasteiger partial charge in [-0.15, -0.1) is 0 Å². The molecular formula is C24H27N5O3S. The number of nitrogens with zero attached hydrogens (tertiary/aromatic N) is 3. The van der Waals surface area contributed by atoms with E-state index in [0.29, 0.717) is 37.6 Å². The number of amides is 2. The molecule has 0 spiro atoms. The van der Waals surface area contributed by atoms with Crippen molar-refractivity contribution in [2.45, 2.75) is 13.5 Å². The van der Waals surface area contributed by atoms with Crippen LogP contribution in [0.3, 0.4) is 0 Å². The van der Waals surface area contributed by atoms with E-state index in [1.165, 1.54) is 0 Å². The minimum absolute atomic E-state index is 0.102. The Morgan fingerprint density at radius 3 is 2.55 bits per heavy atom. The molecule has 9 heteroatoms. The molecule has 2 aromatic carbocycles. The van der Waals surface area contributed by atoms with Crippen molar-refractivity contribution < 1.29 is 14.3 Å². The third kappa shape index (κ3) is 5.09. The zero-order chi connectivity index (χ0) is 23.4. The van der Waals surface area contributed by atoms with E-state index in [2.05, 4.69) is 14.6 Å². The molecular weight excluding hydrogens is 438 g/mol. The molecule has 2 amide bonds. The van der Waals surface area contributed by atoms with Crippen LogP contribution in [0, 0.1) is 6.92 Å². The van der Waals surface area contributed by atoms with Crippen molar-refractivity contribution in [1.82, 2.24) is 14.6 Å². The second-order valence-corrected chi connectivity index (χ2v) is 8.70. The van der Waals surface area contributed by atoms with Crippen molar-refractivity contribution >= 4 is 34.7 Å². The number of carbonyl (C=O) groups is 2. The number of rotatable bonds is 6. The molecule has 1 fully saturated rings. The Bertz CT molecular complexity index is 1140. The van der Waals surface area contributed by atoms with Gasteiger partial charge in [0, 0.05) is 44.5 Å². The zero-order valence-electron chi connectivity index (χ0n) is 18.7. The summed E-state index contributed by atoms with van der Waals surface area (Å²) in [6, 6.07) is 15.8. The molecule has 2 heterocycles. The van der Waals surface area contributed by atoms with Gasteiger partial charge in [-0.25, -0.2) is 0 Å². The number of ether oxygens (including phenoxy) is 1. The van der Waals surface area contributed by atoms with Gasteiger partial charge in [-0.2, -0.15) is 4.37 Å². The Morgan fingerprint density at radius 2 is 1.85 bits per heavy atom. The maximum absolute atomic E-state index is 13.1. The fraction of sp³-hybridized carbons (Fsp3) is 0.292. The normalized spacial score (nSPS) is 13.6. The summed E-state index contributed by atoms with van der Waals surface area (Å²) < 4.78 is 9.47. The van der Waals surface area contributed by atoms with Crippen molar-refractivity contribution in [3.05, 3.63) is 70.2 Å². The number of aryl methyl sites for hydroxylation is 1. The molecule has 1 aliphatic heterocycles. The van der Waals surface area contributed by atoms with Crippen LogP contribution in [0.1, 0.15) is 31.3 Å². The minimum atomic E-state index is -0.383. The summed E-state index contributed by atoms with van der Waals surface area (Å²) in [6.45, 7) is 4.88. The smallest absolute Gasteiger partial charge is 0.273 e.